The lowest BCUT2D eigenvalue weighted by Gasteiger charge is -2.18. The van der Waals surface area contributed by atoms with Gasteiger partial charge in [0.05, 0.1) is 23.1 Å². The van der Waals surface area contributed by atoms with Crippen LogP contribution in [0.1, 0.15) is 29.4 Å². The fraction of sp³-hybridized carbons (Fsp3) is 0.286. The highest BCUT2D eigenvalue weighted by Crippen LogP contribution is 2.27. The second-order valence-corrected chi connectivity index (χ2v) is 4.83. The molecule has 1 aromatic heterocycles. The number of hydrogen-bond acceptors (Lipinski definition) is 2. The summed E-state index contributed by atoms with van der Waals surface area (Å²) in [5.74, 6) is 0.210. The van der Waals surface area contributed by atoms with Crippen molar-refractivity contribution in [2.75, 3.05) is 0 Å². The molecule has 0 saturated heterocycles. The van der Waals surface area contributed by atoms with Crippen LogP contribution in [-0.4, -0.2) is 15.6 Å². The number of fused-ring (bicyclic) bond motifs is 1. The van der Waals surface area contributed by atoms with Crippen LogP contribution in [0.2, 0.25) is 0 Å². The largest absolute Gasteiger partial charge is 0.294 e. The molecule has 18 heavy (non-hydrogen) atoms. The molecule has 1 aliphatic carbocycles. The standard InChI is InChI=1S/C14H13FN2O/c1-9-6-13-12(14(18)7-9)8-16-17(13)11-4-2-10(15)3-5-11/h2-5,8-9H,6-7H2,1H3/t9-/m0/s1. The number of carbonyl (C=O) groups is 1. The maximum atomic E-state index is 12.9. The molecule has 0 amide bonds. The predicted octanol–water partition coefficient (Wildman–Crippen LogP) is 2.78. The zero-order valence-electron chi connectivity index (χ0n) is 10.1. The Balaban J connectivity index is 2.09. The minimum atomic E-state index is -0.274. The van der Waals surface area contributed by atoms with Gasteiger partial charge in [-0.15, -0.1) is 0 Å². The number of benzene rings is 1. The van der Waals surface area contributed by atoms with Crippen LogP contribution in [0, 0.1) is 11.7 Å². The maximum Gasteiger partial charge on any atom is 0.166 e. The number of ketones is 1. The van der Waals surface area contributed by atoms with Gasteiger partial charge in [0.15, 0.2) is 5.78 Å². The molecule has 0 bridgehead atoms. The van der Waals surface area contributed by atoms with Crippen LogP contribution < -0.4 is 0 Å². The monoisotopic (exact) mass is 244 g/mol. The maximum absolute atomic E-state index is 12.9. The number of rotatable bonds is 1. The van der Waals surface area contributed by atoms with Gasteiger partial charge >= 0.3 is 0 Å². The van der Waals surface area contributed by atoms with E-state index in [2.05, 4.69) is 12.0 Å². The average molecular weight is 244 g/mol. The molecule has 0 N–H and O–H groups in total. The summed E-state index contributed by atoms with van der Waals surface area (Å²) in [6, 6.07) is 6.15. The van der Waals surface area contributed by atoms with Crippen LogP contribution in [0.5, 0.6) is 0 Å². The molecular formula is C14H13FN2O. The number of aromatic nitrogens is 2. The predicted molar refractivity (Wildman–Crippen MR) is 65.3 cm³/mol. The van der Waals surface area contributed by atoms with E-state index in [4.69, 9.17) is 0 Å². The van der Waals surface area contributed by atoms with Crippen LogP contribution in [-0.2, 0) is 6.42 Å². The van der Waals surface area contributed by atoms with Crippen LogP contribution in [0.15, 0.2) is 30.5 Å². The van der Waals surface area contributed by atoms with E-state index in [0.29, 0.717) is 17.9 Å². The Kier molecular flexibility index (Phi) is 2.51. The third-order valence-corrected chi connectivity index (χ3v) is 3.32. The first-order valence-electron chi connectivity index (χ1n) is 6.01. The smallest absolute Gasteiger partial charge is 0.166 e. The van der Waals surface area contributed by atoms with Gasteiger partial charge in [-0.2, -0.15) is 5.10 Å². The van der Waals surface area contributed by atoms with Gasteiger partial charge in [0.2, 0.25) is 0 Å². The van der Waals surface area contributed by atoms with E-state index in [0.717, 1.165) is 17.8 Å². The van der Waals surface area contributed by atoms with Crippen molar-refractivity contribution in [1.29, 1.82) is 0 Å². The van der Waals surface area contributed by atoms with Crippen molar-refractivity contribution in [3.05, 3.63) is 47.5 Å². The molecule has 0 saturated carbocycles. The molecule has 3 rings (SSSR count). The van der Waals surface area contributed by atoms with Crippen molar-refractivity contribution in [1.82, 2.24) is 9.78 Å². The minimum absolute atomic E-state index is 0.150. The van der Waals surface area contributed by atoms with Crippen molar-refractivity contribution >= 4 is 5.78 Å². The number of hydrogen-bond donors (Lipinski definition) is 0. The first kappa shape index (κ1) is 11.1. The number of carbonyl (C=O) groups excluding carboxylic acids is 1. The molecule has 0 radical (unpaired) electrons. The summed E-state index contributed by atoms with van der Waals surface area (Å²) < 4.78 is 14.6. The lowest BCUT2D eigenvalue weighted by Crippen LogP contribution is -2.19. The minimum Gasteiger partial charge on any atom is -0.294 e. The summed E-state index contributed by atoms with van der Waals surface area (Å²) in [5, 5.41) is 4.26. The molecule has 4 heteroatoms. The van der Waals surface area contributed by atoms with Crippen molar-refractivity contribution in [2.24, 2.45) is 5.92 Å². The summed E-state index contributed by atoms with van der Waals surface area (Å²) in [7, 11) is 0. The fourth-order valence-corrected chi connectivity index (χ4v) is 2.44. The number of Topliss-reactive ketones (excluding diaryl/α,β-unsaturated/α-hetero) is 1. The van der Waals surface area contributed by atoms with E-state index >= 15 is 0 Å². The number of nitrogens with zero attached hydrogens (tertiary/aromatic N) is 2. The first-order chi connectivity index (χ1) is 8.65. The highest BCUT2D eigenvalue weighted by molar-refractivity contribution is 5.98. The molecule has 1 atom stereocenters. The van der Waals surface area contributed by atoms with Gasteiger partial charge in [-0.25, -0.2) is 9.07 Å². The van der Waals surface area contributed by atoms with Gasteiger partial charge < -0.3 is 0 Å². The van der Waals surface area contributed by atoms with E-state index in [-0.39, 0.29) is 11.6 Å². The SMILES string of the molecule is C[C@@H]1CC(=O)c2cnn(-c3ccc(F)cc3)c2C1. The van der Waals surface area contributed by atoms with E-state index < -0.39 is 0 Å². The quantitative estimate of drug-likeness (QED) is 0.773. The fourth-order valence-electron chi connectivity index (χ4n) is 2.44. The molecule has 92 valence electrons. The first-order valence-corrected chi connectivity index (χ1v) is 6.01. The summed E-state index contributed by atoms with van der Waals surface area (Å²) >= 11 is 0. The zero-order chi connectivity index (χ0) is 12.7. The molecule has 0 aliphatic heterocycles. The van der Waals surface area contributed by atoms with Crippen LogP contribution in [0.25, 0.3) is 5.69 Å². The molecule has 1 heterocycles. The summed E-state index contributed by atoms with van der Waals surface area (Å²) in [6.45, 7) is 2.06. The van der Waals surface area contributed by atoms with Crippen molar-refractivity contribution in [2.45, 2.75) is 19.8 Å². The highest BCUT2D eigenvalue weighted by Gasteiger charge is 2.26. The van der Waals surface area contributed by atoms with Crippen LogP contribution >= 0.6 is 0 Å². The average Bonchev–Trinajstić information content (AvgIpc) is 2.74. The Morgan fingerprint density at radius 2 is 2.00 bits per heavy atom. The van der Waals surface area contributed by atoms with Gasteiger partial charge in [-0.1, -0.05) is 6.92 Å². The van der Waals surface area contributed by atoms with Crippen LogP contribution in [0.4, 0.5) is 4.39 Å². The second-order valence-electron chi connectivity index (χ2n) is 4.83. The second kappa shape index (κ2) is 4.05. The van der Waals surface area contributed by atoms with Gasteiger partial charge in [-0.05, 0) is 36.6 Å². The summed E-state index contributed by atoms with van der Waals surface area (Å²) in [6.07, 6.45) is 3.04. The van der Waals surface area contributed by atoms with Crippen molar-refractivity contribution < 1.29 is 9.18 Å². The van der Waals surface area contributed by atoms with E-state index in [1.165, 1.54) is 12.1 Å². The number of halogens is 1. The summed E-state index contributed by atoms with van der Waals surface area (Å²) in [4.78, 5) is 11.9. The Morgan fingerprint density at radius 1 is 1.28 bits per heavy atom. The van der Waals surface area contributed by atoms with Crippen molar-refractivity contribution in [3.8, 4) is 5.69 Å². The Labute approximate surface area is 104 Å². The molecule has 3 nitrogen and oxygen atoms in total. The molecule has 1 aromatic carbocycles. The lowest BCUT2D eigenvalue weighted by atomic mass is 9.88. The third-order valence-electron chi connectivity index (χ3n) is 3.32. The third kappa shape index (κ3) is 1.74. The van der Waals surface area contributed by atoms with Crippen molar-refractivity contribution in [3.63, 3.8) is 0 Å². The lowest BCUT2D eigenvalue weighted by molar-refractivity contribution is 0.0952. The van der Waals surface area contributed by atoms with Gasteiger partial charge in [0, 0.05) is 6.42 Å². The zero-order valence-corrected chi connectivity index (χ0v) is 10.1. The highest BCUT2D eigenvalue weighted by atomic mass is 19.1. The van der Waals surface area contributed by atoms with Crippen LogP contribution in [0.3, 0.4) is 0 Å². The van der Waals surface area contributed by atoms with E-state index in [9.17, 15) is 9.18 Å². The molecular weight excluding hydrogens is 231 g/mol. The van der Waals surface area contributed by atoms with Gasteiger partial charge in [0.25, 0.3) is 0 Å². The molecule has 1 aliphatic rings. The topological polar surface area (TPSA) is 34.9 Å². The Morgan fingerprint density at radius 3 is 2.72 bits per heavy atom. The Bertz CT molecular complexity index is 601. The molecule has 0 spiro atoms. The molecule has 0 fully saturated rings. The van der Waals surface area contributed by atoms with E-state index in [1.54, 1.807) is 23.0 Å². The molecule has 2 aromatic rings. The summed E-state index contributed by atoms with van der Waals surface area (Å²) in [5.41, 5.74) is 2.43. The Hall–Kier alpha value is -1.97. The van der Waals surface area contributed by atoms with Gasteiger partial charge in [-0.3, -0.25) is 4.79 Å². The normalized spacial score (nSPS) is 18.8. The van der Waals surface area contributed by atoms with Gasteiger partial charge in [0.1, 0.15) is 5.82 Å². The molecule has 0 unspecified atom stereocenters. The van der Waals surface area contributed by atoms with E-state index in [1.807, 2.05) is 0 Å².